The van der Waals surface area contributed by atoms with Crippen molar-refractivity contribution in [2.24, 2.45) is 0 Å². The van der Waals surface area contributed by atoms with E-state index >= 15 is 0 Å². The fraction of sp³-hybridized carbons (Fsp3) is 0.136. The van der Waals surface area contributed by atoms with E-state index in [0.29, 0.717) is 16.5 Å². The molecule has 0 aliphatic rings. The van der Waals surface area contributed by atoms with E-state index in [1.165, 1.54) is 37.4 Å². The van der Waals surface area contributed by atoms with E-state index < -0.39 is 22.5 Å². The number of nitrogens with one attached hydrogen (secondary N) is 1. The van der Waals surface area contributed by atoms with E-state index in [2.05, 4.69) is 5.32 Å². The molecule has 0 aliphatic heterocycles. The molecule has 3 aromatic rings. The van der Waals surface area contributed by atoms with E-state index in [9.17, 15) is 13.2 Å². The van der Waals surface area contributed by atoms with Gasteiger partial charge >= 0.3 is 0 Å². The molecule has 0 saturated heterocycles. The SMILES string of the molecule is COc1ccc(Cl)cc1NC(=O)CN(c1cccc(Cl)c1Cl)S(=O)(=O)c1ccc(C)cc1. The van der Waals surface area contributed by atoms with Gasteiger partial charge in [0, 0.05) is 5.02 Å². The summed E-state index contributed by atoms with van der Waals surface area (Å²) in [5.74, 6) is -0.256. The Morgan fingerprint density at radius 1 is 1.03 bits per heavy atom. The number of halogens is 3. The number of nitrogens with zero attached hydrogens (tertiary/aromatic N) is 1. The number of ether oxygens (including phenoxy) is 1. The number of hydrogen-bond acceptors (Lipinski definition) is 4. The van der Waals surface area contributed by atoms with Crippen LogP contribution in [0.5, 0.6) is 5.75 Å². The maximum absolute atomic E-state index is 13.5. The molecule has 0 atom stereocenters. The zero-order valence-electron chi connectivity index (χ0n) is 17.1. The Bertz CT molecular complexity index is 1250. The van der Waals surface area contributed by atoms with Crippen LogP contribution in [0.25, 0.3) is 0 Å². The molecule has 0 heterocycles. The van der Waals surface area contributed by atoms with Crippen molar-refractivity contribution in [3.05, 3.63) is 81.3 Å². The molecule has 0 bridgehead atoms. The molecular weight excluding hydrogens is 495 g/mol. The number of rotatable bonds is 7. The van der Waals surface area contributed by atoms with Crippen LogP contribution in [0, 0.1) is 6.92 Å². The summed E-state index contributed by atoms with van der Waals surface area (Å²) in [5.41, 5.74) is 1.27. The average molecular weight is 514 g/mol. The van der Waals surface area contributed by atoms with Crippen molar-refractivity contribution in [1.29, 1.82) is 0 Å². The van der Waals surface area contributed by atoms with Gasteiger partial charge in [-0.05, 0) is 49.4 Å². The monoisotopic (exact) mass is 512 g/mol. The summed E-state index contributed by atoms with van der Waals surface area (Å²) in [5, 5.41) is 3.19. The summed E-state index contributed by atoms with van der Waals surface area (Å²) < 4.78 is 33.1. The molecule has 0 aliphatic carbocycles. The second-order valence-electron chi connectivity index (χ2n) is 6.79. The minimum Gasteiger partial charge on any atom is -0.495 e. The summed E-state index contributed by atoms with van der Waals surface area (Å²) in [4.78, 5) is 12.9. The fourth-order valence-corrected chi connectivity index (χ4v) is 4.97. The Kier molecular flexibility index (Phi) is 7.56. The van der Waals surface area contributed by atoms with Crippen molar-refractivity contribution in [3.8, 4) is 5.75 Å². The molecule has 1 amide bonds. The van der Waals surface area contributed by atoms with Gasteiger partial charge in [0.25, 0.3) is 10.0 Å². The molecule has 0 fully saturated rings. The average Bonchev–Trinajstić information content (AvgIpc) is 2.75. The molecule has 0 saturated carbocycles. The standard InChI is InChI=1S/C22H19Cl3N2O4S/c1-14-6-9-16(10-7-14)32(29,30)27(19-5-3-4-17(24)22(19)25)13-21(28)26-18-12-15(23)8-11-20(18)31-2/h3-12H,13H2,1-2H3,(H,26,28). The van der Waals surface area contributed by atoms with Crippen molar-refractivity contribution >= 4 is 62.1 Å². The van der Waals surface area contributed by atoms with Gasteiger partial charge in [-0.25, -0.2) is 8.42 Å². The molecular formula is C22H19Cl3N2O4S. The maximum Gasteiger partial charge on any atom is 0.264 e. The molecule has 0 unspecified atom stereocenters. The zero-order chi connectivity index (χ0) is 23.5. The highest BCUT2D eigenvalue weighted by molar-refractivity contribution is 7.92. The third-order valence-electron chi connectivity index (χ3n) is 4.53. The zero-order valence-corrected chi connectivity index (χ0v) is 20.2. The Hall–Kier alpha value is -2.45. The predicted molar refractivity (Wildman–Crippen MR) is 129 cm³/mol. The smallest absolute Gasteiger partial charge is 0.264 e. The molecule has 168 valence electrons. The molecule has 1 N–H and O–H groups in total. The van der Waals surface area contributed by atoms with Crippen LogP contribution < -0.4 is 14.4 Å². The lowest BCUT2D eigenvalue weighted by Gasteiger charge is -2.25. The molecule has 0 aromatic heterocycles. The highest BCUT2D eigenvalue weighted by Crippen LogP contribution is 2.35. The first-order valence-corrected chi connectivity index (χ1v) is 11.9. The lowest BCUT2D eigenvalue weighted by Crippen LogP contribution is -2.38. The Morgan fingerprint density at radius 2 is 1.72 bits per heavy atom. The Labute approximate surface area is 201 Å². The van der Waals surface area contributed by atoms with Gasteiger partial charge in [-0.1, -0.05) is 58.6 Å². The minimum absolute atomic E-state index is 0.00674. The molecule has 3 aromatic carbocycles. The van der Waals surface area contributed by atoms with Gasteiger partial charge in [0.05, 0.1) is 33.4 Å². The lowest BCUT2D eigenvalue weighted by molar-refractivity contribution is -0.114. The number of benzene rings is 3. The molecule has 3 rings (SSSR count). The van der Waals surface area contributed by atoms with E-state index in [-0.39, 0.29) is 20.6 Å². The van der Waals surface area contributed by atoms with Gasteiger partial charge in [-0.15, -0.1) is 0 Å². The summed E-state index contributed by atoms with van der Waals surface area (Å²) in [6.07, 6.45) is 0. The first kappa shape index (κ1) is 24.2. The van der Waals surface area contributed by atoms with Crippen molar-refractivity contribution in [3.63, 3.8) is 0 Å². The van der Waals surface area contributed by atoms with Gasteiger partial charge in [-0.2, -0.15) is 0 Å². The number of methoxy groups -OCH3 is 1. The number of carbonyl (C=O) groups excluding carboxylic acids is 1. The maximum atomic E-state index is 13.5. The van der Waals surface area contributed by atoms with Crippen LogP contribution in [-0.2, 0) is 14.8 Å². The molecule has 0 radical (unpaired) electrons. The summed E-state index contributed by atoms with van der Waals surface area (Å²) >= 11 is 18.4. The number of amides is 1. The summed E-state index contributed by atoms with van der Waals surface area (Å²) in [6.45, 7) is 1.28. The van der Waals surface area contributed by atoms with E-state index in [1.807, 2.05) is 6.92 Å². The number of sulfonamides is 1. The normalized spacial score (nSPS) is 11.2. The quantitative estimate of drug-likeness (QED) is 0.433. The summed E-state index contributed by atoms with van der Waals surface area (Å²) in [7, 11) is -2.71. The van der Waals surface area contributed by atoms with Crippen LogP contribution in [0.2, 0.25) is 15.1 Å². The first-order chi connectivity index (χ1) is 15.1. The number of hydrogen-bond donors (Lipinski definition) is 1. The van der Waals surface area contributed by atoms with Crippen LogP contribution in [0.1, 0.15) is 5.56 Å². The molecule has 32 heavy (non-hydrogen) atoms. The number of carbonyl (C=O) groups is 1. The second-order valence-corrected chi connectivity index (χ2v) is 9.87. The van der Waals surface area contributed by atoms with E-state index in [1.54, 1.807) is 30.3 Å². The van der Waals surface area contributed by atoms with Crippen LogP contribution in [0.15, 0.2) is 65.6 Å². The highest BCUT2D eigenvalue weighted by Gasteiger charge is 2.29. The van der Waals surface area contributed by atoms with Gasteiger partial charge < -0.3 is 10.1 Å². The lowest BCUT2D eigenvalue weighted by atomic mass is 10.2. The van der Waals surface area contributed by atoms with Gasteiger partial charge in [0.2, 0.25) is 5.91 Å². The van der Waals surface area contributed by atoms with Crippen LogP contribution in [-0.4, -0.2) is 28.0 Å². The van der Waals surface area contributed by atoms with Crippen LogP contribution >= 0.6 is 34.8 Å². The largest absolute Gasteiger partial charge is 0.495 e. The van der Waals surface area contributed by atoms with Crippen molar-refractivity contribution < 1.29 is 17.9 Å². The predicted octanol–water partition coefficient (Wildman–Crippen LogP) is 5.80. The third kappa shape index (κ3) is 5.30. The third-order valence-corrected chi connectivity index (χ3v) is 7.35. The van der Waals surface area contributed by atoms with Gasteiger partial charge in [0.15, 0.2) is 0 Å². The van der Waals surface area contributed by atoms with Crippen molar-refractivity contribution in [2.75, 3.05) is 23.3 Å². The number of aryl methyl sites for hydroxylation is 1. The minimum atomic E-state index is -4.15. The Balaban J connectivity index is 2.02. The van der Waals surface area contributed by atoms with Crippen molar-refractivity contribution in [2.45, 2.75) is 11.8 Å². The highest BCUT2D eigenvalue weighted by atomic mass is 35.5. The van der Waals surface area contributed by atoms with Gasteiger partial charge in [-0.3, -0.25) is 9.10 Å². The van der Waals surface area contributed by atoms with Crippen molar-refractivity contribution in [1.82, 2.24) is 0 Å². The summed E-state index contributed by atoms with van der Waals surface area (Å²) in [6, 6.07) is 15.5. The van der Waals surface area contributed by atoms with Gasteiger partial charge in [0.1, 0.15) is 12.3 Å². The second kappa shape index (κ2) is 10.0. The van der Waals surface area contributed by atoms with Crippen LogP contribution in [0.3, 0.4) is 0 Å². The van der Waals surface area contributed by atoms with E-state index in [4.69, 9.17) is 39.5 Å². The number of anilines is 2. The van der Waals surface area contributed by atoms with E-state index in [0.717, 1.165) is 9.87 Å². The topological polar surface area (TPSA) is 75.7 Å². The first-order valence-electron chi connectivity index (χ1n) is 9.30. The fourth-order valence-electron chi connectivity index (χ4n) is 2.92. The molecule has 10 heteroatoms. The molecule has 0 spiro atoms. The molecule has 6 nitrogen and oxygen atoms in total. The van der Waals surface area contributed by atoms with Crippen LogP contribution in [0.4, 0.5) is 11.4 Å². The Morgan fingerprint density at radius 3 is 2.38 bits per heavy atom.